The number of aromatic nitrogens is 2. The number of hydrogen-bond donors (Lipinski definition) is 0. The molecule has 5 heteroatoms. The molecule has 3 aromatic rings. The van der Waals surface area contributed by atoms with Crippen LogP contribution in [0.4, 0.5) is 0 Å². The smallest absolute Gasteiger partial charge is 0.254 e. The summed E-state index contributed by atoms with van der Waals surface area (Å²) in [5.41, 5.74) is 5.10. The first kappa shape index (κ1) is 15.0. The van der Waals surface area contributed by atoms with Gasteiger partial charge in [-0.25, -0.2) is 9.97 Å². The van der Waals surface area contributed by atoms with E-state index < -0.39 is 0 Å². The predicted octanol–water partition coefficient (Wildman–Crippen LogP) is 3.45. The number of thiophene rings is 1. The summed E-state index contributed by atoms with van der Waals surface area (Å²) in [5.74, 6) is 0.110. The van der Waals surface area contributed by atoms with Crippen LogP contribution in [0.5, 0.6) is 0 Å². The van der Waals surface area contributed by atoms with Crippen molar-refractivity contribution in [1.29, 1.82) is 0 Å². The van der Waals surface area contributed by atoms with E-state index in [1.807, 2.05) is 39.9 Å². The van der Waals surface area contributed by atoms with Gasteiger partial charge >= 0.3 is 0 Å². The van der Waals surface area contributed by atoms with Gasteiger partial charge in [0.15, 0.2) is 0 Å². The Labute approximate surface area is 144 Å². The SMILES string of the molecule is O=C(c1ccsc1)N1CCc2ncnc(-c3ccccc3)c2CC1. The van der Waals surface area contributed by atoms with Crippen LogP contribution in [0.3, 0.4) is 0 Å². The van der Waals surface area contributed by atoms with Gasteiger partial charge in [-0.05, 0) is 17.9 Å². The van der Waals surface area contributed by atoms with Gasteiger partial charge in [-0.1, -0.05) is 30.3 Å². The average Bonchev–Trinajstić information content (AvgIpc) is 3.08. The molecule has 1 aromatic carbocycles. The number of carbonyl (C=O) groups is 1. The third-order valence-corrected chi connectivity index (χ3v) is 5.07. The number of benzene rings is 1. The number of nitrogens with zero attached hydrogens (tertiary/aromatic N) is 3. The summed E-state index contributed by atoms with van der Waals surface area (Å²) in [7, 11) is 0. The van der Waals surface area contributed by atoms with Gasteiger partial charge < -0.3 is 4.90 Å². The van der Waals surface area contributed by atoms with E-state index in [4.69, 9.17) is 0 Å². The van der Waals surface area contributed by atoms with Gasteiger partial charge in [-0.3, -0.25) is 4.79 Å². The number of carbonyl (C=O) groups excluding carboxylic acids is 1. The molecule has 3 heterocycles. The van der Waals surface area contributed by atoms with Gasteiger partial charge in [-0.15, -0.1) is 0 Å². The maximum Gasteiger partial charge on any atom is 0.254 e. The lowest BCUT2D eigenvalue weighted by atomic mass is 10.0. The van der Waals surface area contributed by atoms with E-state index in [0.29, 0.717) is 13.1 Å². The largest absolute Gasteiger partial charge is 0.338 e. The van der Waals surface area contributed by atoms with Gasteiger partial charge in [0.2, 0.25) is 0 Å². The molecule has 0 saturated carbocycles. The molecular formula is C19H17N3OS. The van der Waals surface area contributed by atoms with Crippen LogP contribution in [-0.4, -0.2) is 33.9 Å². The van der Waals surface area contributed by atoms with Crippen LogP contribution >= 0.6 is 11.3 Å². The molecule has 0 fully saturated rings. The van der Waals surface area contributed by atoms with Gasteiger partial charge in [0, 0.05) is 41.7 Å². The highest BCUT2D eigenvalue weighted by molar-refractivity contribution is 7.08. The van der Waals surface area contributed by atoms with Crippen LogP contribution in [0.15, 0.2) is 53.5 Å². The van der Waals surface area contributed by atoms with Crippen LogP contribution in [0.25, 0.3) is 11.3 Å². The van der Waals surface area contributed by atoms with Gasteiger partial charge in [0.25, 0.3) is 5.91 Å². The van der Waals surface area contributed by atoms with Crippen LogP contribution in [-0.2, 0) is 12.8 Å². The van der Waals surface area contributed by atoms with Crippen LogP contribution in [0, 0.1) is 0 Å². The highest BCUT2D eigenvalue weighted by atomic mass is 32.1. The first-order valence-corrected chi connectivity index (χ1v) is 8.97. The number of hydrogen-bond acceptors (Lipinski definition) is 4. The van der Waals surface area contributed by atoms with E-state index in [0.717, 1.165) is 35.4 Å². The maximum absolute atomic E-state index is 12.6. The van der Waals surface area contributed by atoms with Crippen LogP contribution < -0.4 is 0 Å². The van der Waals surface area contributed by atoms with Crippen molar-refractivity contribution in [3.8, 4) is 11.3 Å². The minimum Gasteiger partial charge on any atom is -0.338 e. The van der Waals surface area contributed by atoms with Crippen molar-refractivity contribution >= 4 is 17.2 Å². The van der Waals surface area contributed by atoms with Crippen molar-refractivity contribution in [3.05, 3.63) is 70.3 Å². The quantitative estimate of drug-likeness (QED) is 0.721. The molecule has 0 unspecified atom stereocenters. The second kappa shape index (κ2) is 6.53. The lowest BCUT2D eigenvalue weighted by Crippen LogP contribution is -2.33. The minimum atomic E-state index is 0.110. The molecule has 4 nitrogen and oxygen atoms in total. The average molecular weight is 335 g/mol. The molecule has 0 atom stereocenters. The van der Waals surface area contributed by atoms with E-state index in [-0.39, 0.29) is 5.91 Å². The van der Waals surface area contributed by atoms with Gasteiger partial charge in [0.05, 0.1) is 11.3 Å². The molecule has 120 valence electrons. The molecule has 1 aliphatic heterocycles. The van der Waals surface area contributed by atoms with E-state index >= 15 is 0 Å². The third-order valence-electron chi connectivity index (χ3n) is 4.39. The molecule has 1 aliphatic rings. The fourth-order valence-electron chi connectivity index (χ4n) is 3.14. The first-order chi connectivity index (χ1) is 11.8. The second-order valence-corrected chi connectivity index (χ2v) is 6.60. The molecule has 24 heavy (non-hydrogen) atoms. The topological polar surface area (TPSA) is 46.1 Å². The van der Waals surface area contributed by atoms with Crippen molar-refractivity contribution in [2.24, 2.45) is 0 Å². The minimum absolute atomic E-state index is 0.110. The van der Waals surface area contributed by atoms with Crippen LogP contribution in [0.1, 0.15) is 21.6 Å². The Hall–Kier alpha value is -2.53. The summed E-state index contributed by atoms with van der Waals surface area (Å²) < 4.78 is 0. The molecule has 1 amide bonds. The zero-order chi connectivity index (χ0) is 16.4. The van der Waals surface area contributed by atoms with Crippen molar-refractivity contribution in [2.75, 3.05) is 13.1 Å². The van der Waals surface area contributed by atoms with Crippen molar-refractivity contribution in [2.45, 2.75) is 12.8 Å². The standard InChI is InChI=1S/C19H17N3OS/c23-19(15-8-11-24-12-15)22-9-6-16-17(7-10-22)20-13-21-18(16)14-4-2-1-3-5-14/h1-5,8,11-13H,6-7,9-10H2. The van der Waals surface area contributed by atoms with E-state index in [9.17, 15) is 4.79 Å². The maximum atomic E-state index is 12.6. The van der Waals surface area contributed by atoms with E-state index in [2.05, 4.69) is 22.1 Å². The lowest BCUT2D eigenvalue weighted by Gasteiger charge is -2.19. The Morgan fingerprint density at radius 1 is 1.04 bits per heavy atom. The Morgan fingerprint density at radius 3 is 2.67 bits per heavy atom. The number of rotatable bonds is 2. The summed E-state index contributed by atoms with van der Waals surface area (Å²) in [6, 6.07) is 12.1. The van der Waals surface area contributed by atoms with E-state index in [1.165, 1.54) is 5.56 Å². The number of amides is 1. The molecular weight excluding hydrogens is 318 g/mol. The summed E-state index contributed by atoms with van der Waals surface area (Å²) >= 11 is 1.55. The summed E-state index contributed by atoms with van der Waals surface area (Å²) in [5, 5.41) is 3.86. The first-order valence-electron chi connectivity index (χ1n) is 8.02. The predicted molar refractivity (Wildman–Crippen MR) is 95.1 cm³/mol. The zero-order valence-electron chi connectivity index (χ0n) is 13.2. The Kier molecular flexibility index (Phi) is 4.09. The van der Waals surface area contributed by atoms with Crippen molar-refractivity contribution in [3.63, 3.8) is 0 Å². The Bertz CT molecular complexity index is 846. The lowest BCUT2D eigenvalue weighted by molar-refractivity contribution is 0.0763. The third kappa shape index (κ3) is 2.83. The highest BCUT2D eigenvalue weighted by Gasteiger charge is 2.23. The van der Waals surface area contributed by atoms with E-state index in [1.54, 1.807) is 17.7 Å². The van der Waals surface area contributed by atoms with Gasteiger partial charge in [-0.2, -0.15) is 11.3 Å². The zero-order valence-corrected chi connectivity index (χ0v) is 14.0. The molecule has 0 radical (unpaired) electrons. The molecule has 2 aromatic heterocycles. The normalized spacial score (nSPS) is 14.1. The van der Waals surface area contributed by atoms with Crippen LogP contribution in [0.2, 0.25) is 0 Å². The van der Waals surface area contributed by atoms with Crippen molar-refractivity contribution < 1.29 is 4.79 Å². The molecule has 4 rings (SSSR count). The summed E-state index contributed by atoms with van der Waals surface area (Å²) in [4.78, 5) is 23.5. The fraction of sp³-hybridized carbons (Fsp3) is 0.211. The summed E-state index contributed by atoms with van der Waals surface area (Å²) in [6.07, 6.45) is 3.20. The van der Waals surface area contributed by atoms with Crippen molar-refractivity contribution in [1.82, 2.24) is 14.9 Å². The Morgan fingerprint density at radius 2 is 1.88 bits per heavy atom. The second-order valence-electron chi connectivity index (χ2n) is 5.82. The molecule has 0 saturated heterocycles. The molecule has 0 bridgehead atoms. The van der Waals surface area contributed by atoms with Gasteiger partial charge in [0.1, 0.15) is 6.33 Å². The Balaban J connectivity index is 1.63. The number of fused-ring (bicyclic) bond motifs is 1. The highest BCUT2D eigenvalue weighted by Crippen LogP contribution is 2.26. The fourth-order valence-corrected chi connectivity index (χ4v) is 3.77. The molecule has 0 aliphatic carbocycles. The summed E-state index contributed by atoms with van der Waals surface area (Å²) in [6.45, 7) is 1.40. The molecule has 0 N–H and O–H groups in total. The monoisotopic (exact) mass is 335 g/mol. The molecule has 0 spiro atoms.